The zero-order valence-electron chi connectivity index (χ0n) is 10.0. The van der Waals surface area contributed by atoms with E-state index in [0.29, 0.717) is 12.2 Å². The quantitative estimate of drug-likeness (QED) is 0.874. The van der Waals surface area contributed by atoms with Gasteiger partial charge in [-0.3, -0.25) is 4.98 Å². The zero-order valence-corrected chi connectivity index (χ0v) is 11.6. The molecule has 1 aromatic heterocycles. The Labute approximate surface area is 118 Å². The van der Waals surface area contributed by atoms with Gasteiger partial charge >= 0.3 is 0 Å². The van der Waals surface area contributed by atoms with Crippen LogP contribution in [-0.2, 0) is 0 Å². The number of aromatic nitrogens is 1. The van der Waals surface area contributed by atoms with Gasteiger partial charge in [-0.05, 0) is 40.2 Å². The van der Waals surface area contributed by atoms with Crippen LogP contribution >= 0.6 is 15.9 Å². The number of halogens is 2. The van der Waals surface area contributed by atoms with Crippen LogP contribution in [-0.4, -0.2) is 4.98 Å². The van der Waals surface area contributed by atoms with E-state index in [4.69, 9.17) is 10.5 Å². The van der Waals surface area contributed by atoms with Crippen molar-refractivity contribution in [3.05, 3.63) is 58.1 Å². The van der Waals surface area contributed by atoms with E-state index in [0.717, 1.165) is 15.6 Å². The normalized spacial score (nSPS) is 21.6. The minimum absolute atomic E-state index is 0.155. The third-order valence-corrected chi connectivity index (χ3v) is 3.64. The van der Waals surface area contributed by atoms with Gasteiger partial charge in [0.05, 0.1) is 0 Å². The van der Waals surface area contributed by atoms with Gasteiger partial charge in [0.1, 0.15) is 17.7 Å². The summed E-state index contributed by atoms with van der Waals surface area (Å²) in [6, 6.07) is 6.17. The molecule has 0 saturated carbocycles. The van der Waals surface area contributed by atoms with E-state index in [-0.39, 0.29) is 18.0 Å². The first-order valence-electron chi connectivity index (χ1n) is 5.95. The van der Waals surface area contributed by atoms with E-state index in [1.54, 1.807) is 18.5 Å². The van der Waals surface area contributed by atoms with Crippen LogP contribution < -0.4 is 10.5 Å². The molecule has 0 bridgehead atoms. The number of pyridine rings is 1. The fourth-order valence-electron chi connectivity index (χ4n) is 2.28. The number of hydrogen-bond donors (Lipinski definition) is 1. The van der Waals surface area contributed by atoms with Gasteiger partial charge in [0.2, 0.25) is 0 Å². The van der Waals surface area contributed by atoms with Crippen LogP contribution in [0.1, 0.15) is 29.7 Å². The molecule has 0 saturated heterocycles. The van der Waals surface area contributed by atoms with Crippen LogP contribution in [0, 0.1) is 5.82 Å². The first-order valence-corrected chi connectivity index (χ1v) is 6.75. The molecule has 1 aliphatic rings. The number of ether oxygens (including phenoxy) is 1. The molecule has 0 aliphatic carbocycles. The highest BCUT2D eigenvalue weighted by Crippen LogP contribution is 2.39. The lowest BCUT2D eigenvalue weighted by molar-refractivity contribution is 0.160. The zero-order chi connectivity index (χ0) is 13.4. The maximum atomic E-state index is 13.2. The van der Waals surface area contributed by atoms with Crippen LogP contribution in [0.5, 0.6) is 5.75 Å². The van der Waals surface area contributed by atoms with Crippen LogP contribution in [0.3, 0.4) is 0 Å². The monoisotopic (exact) mass is 322 g/mol. The predicted octanol–water partition coefficient (Wildman–Crippen LogP) is 3.51. The average molecular weight is 323 g/mol. The SMILES string of the molecule is N[C@H]1CC(c2cncc(Br)c2)Oc2ccc(F)cc21. The Kier molecular flexibility index (Phi) is 3.24. The summed E-state index contributed by atoms with van der Waals surface area (Å²) < 4.78 is 20.0. The van der Waals surface area contributed by atoms with Crippen LogP contribution in [0.4, 0.5) is 4.39 Å². The van der Waals surface area contributed by atoms with E-state index in [9.17, 15) is 4.39 Å². The summed E-state index contributed by atoms with van der Waals surface area (Å²) in [6.45, 7) is 0. The fourth-order valence-corrected chi connectivity index (χ4v) is 2.67. The second kappa shape index (κ2) is 4.90. The Balaban J connectivity index is 1.95. The molecule has 0 radical (unpaired) electrons. The van der Waals surface area contributed by atoms with E-state index < -0.39 is 0 Å². The maximum absolute atomic E-state index is 13.2. The number of fused-ring (bicyclic) bond motifs is 1. The molecule has 1 aromatic carbocycles. The van der Waals surface area contributed by atoms with Gasteiger partial charge in [-0.1, -0.05) is 0 Å². The van der Waals surface area contributed by atoms with E-state index >= 15 is 0 Å². The van der Waals surface area contributed by atoms with Crippen molar-refractivity contribution >= 4 is 15.9 Å². The van der Waals surface area contributed by atoms with Crippen LogP contribution in [0.25, 0.3) is 0 Å². The molecular formula is C14H12BrFN2O. The third-order valence-electron chi connectivity index (χ3n) is 3.21. The highest BCUT2D eigenvalue weighted by atomic mass is 79.9. The van der Waals surface area contributed by atoms with Crippen molar-refractivity contribution in [1.29, 1.82) is 0 Å². The second-order valence-corrected chi connectivity index (χ2v) is 5.48. The van der Waals surface area contributed by atoms with Crippen molar-refractivity contribution < 1.29 is 9.13 Å². The molecule has 1 unspecified atom stereocenters. The molecular weight excluding hydrogens is 311 g/mol. The molecule has 19 heavy (non-hydrogen) atoms. The van der Waals surface area contributed by atoms with Gasteiger partial charge in [-0.2, -0.15) is 0 Å². The summed E-state index contributed by atoms with van der Waals surface area (Å²) in [4.78, 5) is 4.13. The Morgan fingerprint density at radius 2 is 2.16 bits per heavy atom. The number of nitrogens with zero attached hydrogens (tertiary/aromatic N) is 1. The van der Waals surface area contributed by atoms with E-state index in [1.807, 2.05) is 6.07 Å². The largest absolute Gasteiger partial charge is 0.485 e. The Bertz CT molecular complexity index is 620. The van der Waals surface area contributed by atoms with Gasteiger partial charge in [-0.15, -0.1) is 0 Å². The number of nitrogens with two attached hydrogens (primary N) is 1. The standard InChI is InChI=1S/C14H12BrFN2O/c15-9-3-8(6-18-7-9)14-5-12(17)11-4-10(16)1-2-13(11)19-14/h1-4,6-7,12,14H,5,17H2/t12-,14?/m0/s1. The lowest BCUT2D eigenvalue weighted by Gasteiger charge is -2.30. The van der Waals surface area contributed by atoms with Gasteiger partial charge in [0.15, 0.2) is 0 Å². The molecule has 1 aliphatic heterocycles. The minimum atomic E-state index is -0.291. The Morgan fingerprint density at radius 3 is 2.95 bits per heavy atom. The first kappa shape index (κ1) is 12.6. The number of rotatable bonds is 1. The topological polar surface area (TPSA) is 48.1 Å². The molecule has 2 heterocycles. The molecule has 5 heteroatoms. The summed E-state index contributed by atoms with van der Waals surface area (Å²) >= 11 is 3.39. The highest BCUT2D eigenvalue weighted by molar-refractivity contribution is 9.10. The van der Waals surface area contributed by atoms with Gasteiger partial charge < -0.3 is 10.5 Å². The average Bonchev–Trinajstić information content (AvgIpc) is 2.39. The third kappa shape index (κ3) is 2.48. The lowest BCUT2D eigenvalue weighted by atomic mass is 9.94. The minimum Gasteiger partial charge on any atom is -0.485 e. The predicted molar refractivity (Wildman–Crippen MR) is 73.3 cm³/mol. The first-order chi connectivity index (χ1) is 9.13. The molecule has 2 aromatic rings. The molecule has 98 valence electrons. The Hall–Kier alpha value is -1.46. The smallest absolute Gasteiger partial charge is 0.127 e. The maximum Gasteiger partial charge on any atom is 0.127 e. The summed E-state index contributed by atoms with van der Waals surface area (Å²) in [5.41, 5.74) is 7.78. The molecule has 2 atom stereocenters. The molecule has 3 nitrogen and oxygen atoms in total. The van der Waals surface area contributed by atoms with Crippen molar-refractivity contribution in [2.45, 2.75) is 18.6 Å². The van der Waals surface area contributed by atoms with Gasteiger partial charge in [-0.25, -0.2) is 4.39 Å². The second-order valence-electron chi connectivity index (χ2n) is 4.57. The molecule has 0 spiro atoms. The van der Waals surface area contributed by atoms with Crippen LogP contribution in [0.2, 0.25) is 0 Å². The van der Waals surface area contributed by atoms with E-state index in [2.05, 4.69) is 20.9 Å². The van der Waals surface area contributed by atoms with Crippen molar-refractivity contribution in [3.8, 4) is 5.75 Å². The summed E-state index contributed by atoms with van der Waals surface area (Å²) in [5.74, 6) is 0.352. The lowest BCUT2D eigenvalue weighted by Crippen LogP contribution is -2.24. The van der Waals surface area contributed by atoms with Crippen LogP contribution in [0.15, 0.2) is 41.1 Å². The van der Waals surface area contributed by atoms with E-state index in [1.165, 1.54) is 12.1 Å². The molecule has 2 N–H and O–H groups in total. The Morgan fingerprint density at radius 1 is 1.32 bits per heavy atom. The molecule has 0 fully saturated rings. The van der Waals surface area contributed by atoms with Gasteiger partial charge in [0.25, 0.3) is 0 Å². The fraction of sp³-hybridized carbons (Fsp3) is 0.214. The highest BCUT2D eigenvalue weighted by Gasteiger charge is 2.27. The van der Waals surface area contributed by atoms with Crippen molar-refractivity contribution in [2.75, 3.05) is 0 Å². The van der Waals surface area contributed by atoms with Crippen molar-refractivity contribution in [1.82, 2.24) is 4.98 Å². The summed E-state index contributed by atoms with van der Waals surface area (Å²) in [7, 11) is 0. The van der Waals surface area contributed by atoms with Crippen molar-refractivity contribution in [3.63, 3.8) is 0 Å². The molecule has 0 amide bonds. The summed E-state index contributed by atoms with van der Waals surface area (Å²) in [6.07, 6.45) is 3.93. The number of hydrogen-bond acceptors (Lipinski definition) is 3. The number of benzene rings is 1. The van der Waals surface area contributed by atoms with Gasteiger partial charge in [0, 0.05) is 40.5 Å². The summed E-state index contributed by atoms with van der Waals surface area (Å²) in [5, 5.41) is 0. The van der Waals surface area contributed by atoms with Crippen molar-refractivity contribution in [2.24, 2.45) is 5.73 Å². The molecule has 3 rings (SSSR count).